The average Bonchev–Trinajstić information content (AvgIpc) is 2.96. The summed E-state index contributed by atoms with van der Waals surface area (Å²) in [5, 5.41) is 7.33. The number of aromatic nitrogens is 4. The summed E-state index contributed by atoms with van der Waals surface area (Å²) in [7, 11) is 0. The lowest BCUT2D eigenvalue weighted by Crippen LogP contribution is -2.15. The van der Waals surface area contributed by atoms with E-state index in [4.69, 9.17) is 4.52 Å². The summed E-state index contributed by atoms with van der Waals surface area (Å²) in [6, 6.07) is 0. The van der Waals surface area contributed by atoms with E-state index in [9.17, 15) is 0 Å². The van der Waals surface area contributed by atoms with Gasteiger partial charge in [0.05, 0.1) is 23.8 Å². The van der Waals surface area contributed by atoms with Gasteiger partial charge < -0.3 is 9.84 Å². The molecule has 0 aliphatic carbocycles. The lowest BCUT2D eigenvalue weighted by molar-refractivity contribution is 0.392. The third kappa shape index (κ3) is 2.46. The molecular formula is C13H14BrN5O. The summed E-state index contributed by atoms with van der Waals surface area (Å²) in [5.41, 5.74) is 3.96. The molecule has 0 aliphatic heterocycles. The Hall–Kier alpha value is -1.73. The normalized spacial score (nSPS) is 11.3. The van der Waals surface area contributed by atoms with Gasteiger partial charge in [0.25, 0.3) is 0 Å². The van der Waals surface area contributed by atoms with Crippen molar-refractivity contribution in [2.75, 3.05) is 0 Å². The first-order valence-corrected chi connectivity index (χ1v) is 7.04. The number of nitrogens with zero attached hydrogens (tertiary/aromatic N) is 4. The highest BCUT2D eigenvalue weighted by molar-refractivity contribution is 9.10. The monoisotopic (exact) mass is 335 g/mol. The number of halogens is 1. The molecule has 104 valence electrons. The van der Waals surface area contributed by atoms with Crippen molar-refractivity contribution in [1.29, 1.82) is 0 Å². The van der Waals surface area contributed by atoms with Gasteiger partial charge in [-0.15, -0.1) is 0 Å². The van der Waals surface area contributed by atoms with Crippen molar-refractivity contribution in [2.45, 2.75) is 26.9 Å². The van der Waals surface area contributed by atoms with Gasteiger partial charge in [0.1, 0.15) is 10.4 Å². The Bertz CT molecular complexity index is 729. The third-order valence-electron chi connectivity index (χ3n) is 3.23. The first kappa shape index (κ1) is 13.3. The predicted octanol–water partition coefficient (Wildman–Crippen LogP) is 2.39. The van der Waals surface area contributed by atoms with E-state index in [1.54, 1.807) is 6.20 Å². The highest BCUT2D eigenvalue weighted by atomic mass is 79.9. The van der Waals surface area contributed by atoms with Gasteiger partial charge in [0.2, 0.25) is 0 Å². The Morgan fingerprint density at radius 2 is 2.10 bits per heavy atom. The van der Waals surface area contributed by atoms with Crippen LogP contribution >= 0.6 is 15.9 Å². The Morgan fingerprint density at radius 1 is 1.25 bits per heavy atom. The molecule has 0 bridgehead atoms. The van der Waals surface area contributed by atoms with E-state index in [0.29, 0.717) is 6.54 Å². The molecule has 3 heterocycles. The van der Waals surface area contributed by atoms with Crippen LogP contribution in [-0.4, -0.2) is 19.5 Å². The van der Waals surface area contributed by atoms with Crippen LogP contribution in [0.25, 0.3) is 5.65 Å². The van der Waals surface area contributed by atoms with Gasteiger partial charge in [-0.05, 0) is 29.8 Å². The minimum Gasteiger partial charge on any atom is -0.361 e. The van der Waals surface area contributed by atoms with Crippen LogP contribution in [0.15, 0.2) is 27.7 Å². The molecular weight excluding hydrogens is 322 g/mol. The van der Waals surface area contributed by atoms with Gasteiger partial charge in [0.15, 0.2) is 5.65 Å². The highest BCUT2D eigenvalue weighted by Gasteiger charge is 2.09. The zero-order chi connectivity index (χ0) is 14.1. The maximum Gasteiger partial charge on any atom is 0.155 e. The van der Waals surface area contributed by atoms with Gasteiger partial charge in [0, 0.05) is 24.8 Å². The molecule has 0 saturated heterocycles. The van der Waals surface area contributed by atoms with Crippen LogP contribution in [0.2, 0.25) is 0 Å². The second-order valence-corrected chi connectivity index (χ2v) is 5.41. The van der Waals surface area contributed by atoms with Crippen molar-refractivity contribution < 1.29 is 4.52 Å². The van der Waals surface area contributed by atoms with Crippen molar-refractivity contribution in [1.82, 2.24) is 24.8 Å². The van der Waals surface area contributed by atoms with Crippen molar-refractivity contribution >= 4 is 21.6 Å². The fourth-order valence-electron chi connectivity index (χ4n) is 2.12. The number of fused-ring (bicyclic) bond motifs is 1. The molecule has 0 aromatic carbocycles. The Labute approximate surface area is 124 Å². The standard InChI is InChI=1S/C13H14BrN5O/c1-8-11(9(2)20-18-8)5-15-3-10-4-17-13-6-16-12(14)7-19(10)13/h4,6-7,15H,3,5H2,1-2H3. The lowest BCUT2D eigenvalue weighted by Gasteiger charge is -2.05. The molecule has 20 heavy (non-hydrogen) atoms. The molecule has 1 N–H and O–H groups in total. The molecule has 7 heteroatoms. The summed E-state index contributed by atoms with van der Waals surface area (Å²) in [6.07, 6.45) is 5.50. The summed E-state index contributed by atoms with van der Waals surface area (Å²) >= 11 is 3.37. The van der Waals surface area contributed by atoms with Crippen molar-refractivity contribution in [2.24, 2.45) is 0 Å². The SMILES string of the molecule is Cc1noc(C)c1CNCc1cnc2cnc(Br)cn12. The van der Waals surface area contributed by atoms with Crippen LogP contribution in [0.3, 0.4) is 0 Å². The second kappa shape index (κ2) is 5.34. The molecule has 3 aromatic rings. The zero-order valence-corrected chi connectivity index (χ0v) is 12.8. The largest absolute Gasteiger partial charge is 0.361 e. The number of nitrogens with one attached hydrogen (secondary N) is 1. The van der Waals surface area contributed by atoms with Gasteiger partial charge in [-0.2, -0.15) is 0 Å². The first-order chi connectivity index (χ1) is 9.65. The van der Waals surface area contributed by atoms with Crippen LogP contribution < -0.4 is 5.32 Å². The molecule has 3 rings (SSSR count). The molecule has 0 amide bonds. The number of aryl methyl sites for hydroxylation is 2. The van der Waals surface area contributed by atoms with Crippen molar-refractivity contribution in [3.8, 4) is 0 Å². The minimum atomic E-state index is 0.710. The first-order valence-electron chi connectivity index (χ1n) is 6.25. The van der Waals surface area contributed by atoms with Crippen LogP contribution in [-0.2, 0) is 13.1 Å². The summed E-state index contributed by atoms with van der Waals surface area (Å²) in [5.74, 6) is 0.861. The van der Waals surface area contributed by atoms with E-state index in [2.05, 4.69) is 36.4 Å². The Morgan fingerprint density at radius 3 is 2.85 bits per heavy atom. The third-order valence-corrected chi connectivity index (χ3v) is 3.64. The molecule has 0 atom stereocenters. The fourth-order valence-corrected chi connectivity index (χ4v) is 2.42. The van der Waals surface area contributed by atoms with E-state index >= 15 is 0 Å². The maximum absolute atomic E-state index is 5.15. The van der Waals surface area contributed by atoms with Crippen molar-refractivity contribution in [3.05, 3.63) is 45.9 Å². The van der Waals surface area contributed by atoms with E-state index < -0.39 is 0 Å². The Balaban J connectivity index is 1.73. The summed E-state index contributed by atoms with van der Waals surface area (Å²) < 4.78 is 7.95. The molecule has 3 aromatic heterocycles. The van der Waals surface area contributed by atoms with Gasteiger partial charge in [-0.25, -0.2) is 9.97 Å². The average molecular weight is 336 g/mol. The quantitative estimate of drug-likeness (QED) is 0.792. The lowest BCUT2D eigenvalue weighted by atomic mass is 10.2. The summed E-state index contributed by atoms with van der Waals surface area (Å²) in [4.78, 5) is 8.48. The molecule has 0 unspecified atom stereocenters. The maximum atomic E-state index is 5.15. The van der Waals surface area contributed by atoms with Crippen LogP contribution in [0.4, 0.5) is 0 Å². The molecule has 0 fully saturated rings. The fraction of sp³-hybridized carbons (Fsp3) is 0.308. The minimum absolute atomic E-state index is 0.710. The van der Waals surface area contributed by atoms with E-state index in [-0.39, 0.29) is 0 Å². The van der Waals surface area contributed by atoms with Crippen LogP contribution in [0, 0.1) is 13.8 Å². The van der Waals surface area contributed by atoms with Gasteiger partial charge >= 0.3 is 0 Å². The number of imidazole rings is 1. The smallest absolute Gasteiger partial charge is 0.155 e. The summed E-state index contributed by atoms with van der Waals surface area (Å²) in [6.45, 7) is 5.31. The van der Waals surface area contributed by atoms with E-state index in [1.807, 2.05) is 30.6 Å². The molecule has 0 saturated carbocycles. The van der Waals surface area contributed by atoms with Gasteiger partial charge in [-0.3, -0.25) is 4.40 Å². The molecule has 0 spiro atoms. The molecule has 6 nitrogen and oxygen atoms in total. The van der Waals surface area contributed by atoms with Crippen LogP contribution in [0.5, 0.6) is 0 Å². The number of hydrogen-bond acceptors (Lipinski definition) is 5. The van der Waals surface area contributed by atoms with Gasteiger partial charge in [-0.1, -0.05) is 5.16 Å². The zero-order valence-electron chi connectivity index (χ0n) is 11.2. The predicted molar refractivity (Wildman–Crippen MR) is 77.2 cm³/mol. The molecule has 0 radical (unpaired) electrons. The number of rotatable bonds is 4. The Kier molecular flexibility index (Phi) is 3.54. The van der Waals surface area contributed by atoms with Crippen LogP contribution in [0.1, 0.15) is 22.7 Å². The topological polar surface area (TPSA) is 68.2 Å². The van der Waals surface area contributed by atoms with E-state index in [1.165, 1.54) is 0 Å². The number of hydrogen-bond donors (Lipinski definition) is 1. The van der Waals surface area contributed by atoms with E-state index in [0.717, 1.165) is 39.5 Å². The van der Waals surface area contributed by atoms with Crippen molar-refractivity contribution in [3.63, 3.8) is 0 Å². The highest BCUT2D eigenvalue weighted by Crippen LogP contribution is 2.13. The molecule has 0 aliphatic rings. The second-order valence-electron chi connectivity index (χ2n) is 4.59.